The fourth-order valence-corrected chi connectivity index (χ4v) is 2.79. The Hall–Kier alpha value is -1.13. The highest BCUT2D eigenvalue weighted by Crippen LogP contribution is 2.08. The Morgan fingerprint density at radius 2 is 1.74 bits per heavy atom. The molecule has 0 aliphatic heterocycles. The maximum absolute atomic E-state index is 11.9. The maximum Gasteiger partial charge on any atom is 0.233 e. The molecule has 1 rings (SSSR count). The minimum Gasteiger partial charge on any atom is -0.209 e. The van der Waals surface area contributed by atoms with Gasteiger partial charge >= 0.3 is 0 Å². The van der Waals surface area contributed by atoms with Gasteiger partial charge in [0.2, 0.25) is 10.0 Å². The fraction of sp³-hybridized carbons (Fsp3) is 0.467. The van der Waals surface area contributed by atoms with Crippen molar-refractivity contribution in [2.45, 2.75) is 39.7 Å². The quantitative estimate of drug-likeness (QED) is 0.832. The molecule has 1 aromatic carbocycles. The molecule has 0 aliphatic rings. The van der Waals surface area contributed by atoms with Crippen LogP contribution in [0, 0.1) is 5.92 Å². The van der Waals surface area contributed by atoms with Gasteiger partial charge < -0.3 is 0 Å². The summed E-state index contributed by atoms with van der Waals surface area (Å²) in [6.07, 6.45) is 3.49. The van der Waals surface area contributed by atoms with Gasteiger partial charge in [-0.3, -0.25) is 0 Å². The first-order valence-electron chi connectivity index (χ1n) is 6.64. The van der Waals surface area contributed by atoms with E-state index in [4.69, 9.17) is 0 Å². The molecule has 0 aromatic heterocycles. The molecule has 0 heterocycles. The smallest absolute Gasteiger partial charge is 0.209 e. The zero-order chi connectivity index (χ0) is 14.3. The summed E-state index contributed by atoms with van der Waals surface area (Å²) in [5, 5.41) is 1.23. The van der Waals surface area contributed by atoms with Gasteiger partial charge in [-0.25, -0.2) is 13.1 Å². The average molecular weight is 281 g/mol. The van der Waals surface area contributed by atoms with Crippen LogP contribution >= 0.6 is 0 Å². The molecule has 106 valence electrons. The lowest BCUT2D eigenvalue weighted by atomic mass is 10.1. The van der Waals surface area contributed by atoms with E-state index in [0.717, 1.165) is 18.4 Å². The average Bonchev–Trinajstić information content (AvgIpc) is 2.35. The third-order valence-corrected chi connectivity index (χ3v) is 4.01. The molecule has 0 saturated carbocycles. The zero-order valence-electron chi connectivity index (χ0n) is 11.8. The van der Waals surface area contributed by atoms with Gasteiger partial charge in [-0.15, -0.1) is 0 Å². The summed E-state index contributed by atoms with van der Waals surface area (Å²) in [5.74, 6) is 0.590. The van der Waals surface area contributed by atoms with Crippen molar-refractivity contribution < 1.29 is 8.42 Å². The van der Waals surface area contributed by atoms with Crippen LogP contribution in [0.4, 0.5) is 0 Å². The summed E-state index contributed by atoms with van der Waals surface area (Å²) in [6, 6.07) is 9.36. The Labute approximate surface area is 116 Å². The molecule has 1 atom stereocenters. The van der Waals surface area contributed by atoms with E-state index in [1.165, 1.54) is 5.41 Å². The van der Waals surface area contributed by atoms with E-state index in [-0.39, 0.29) is 6.04 Å². The predicted octanol–water partition coefficient (Wildman–Crippen LogP) is 3.40. The lowest BCUT2D eigenvalue weighted by Gasteiger charge is -2.13. The first kappa shape index (κ1) is 15.9. The largest absolute Gasteiger partial charge is 0.233 e. The highest BCUT2D eigenvalue weighted by Gasteiger charge is 2.11. The van der Waals surface area contributed by atoms with Crippen molar-refractivity contribution in [1.82, 2.24) is 4.72 Å². The van der Waals surface area contributed by atoms with Gasteiger partial charge in [0.05, 0.1) is 0 Å². The second-order valence-electron chi connectivity index (χ2n) is 5.25. The second-order valence-corrected chi connectivity index (χ2v) is 6.85. The fourth-order valence-electron chi connectivity index (χ4n) is 1.69. The first-order valence-corrected chi connectivity index (χ1v) is 8.19. The normalized spacial score (nSPS) is 14.1. The standard InChI is InChI=1S/C15H23NO2S/c1-13(2)9-10-14(3)16-19(17,18)12-11-15-7-5-4-6-8-15/h4-8,11-14,16H,9-10H2,1-3H3/b12-11+. The third kappa shape index (κ3) is 7.13. The van der Waals surface area contributed by atoms with Gasteiger partial charge in [-0.1, -0.05) is 44.2 Å². The molecule has 1 aromatic rings. The van der Waals surface area contributed by atoms with E-state index in [9.17, 15) is 8.42 Å². The number of hydrogen-bond donors (Lipinski definition) is 1. The Morgan fingerprint density at radius 3 is 2.32 bits per heavy atom. The number of benzene rings is 1. The summed E-state index contributed by atoms with van der Waals surface area (Å²) in [4.78, 5) is 0. The van der Waals surface area contributed by atoms with Gasteiger partial charge in [-0.05, 0) is 37.3 Å². The maximum atomic E-state index is 11.9. The summed E-state index contributed by atoms with van der Waals surface area (Å²) in [7, 11) is -3.36. The minimum atomic E-state index is -3.36. The summed E-state index contributed by atoms with van der Waals surface area (Å²) in [5.41, 5.74) is 0.878. The van der Waals surface area contributed by atoms with Crippen molar-refractivity contribution in [2.75, 3.05) is 0 Å². The molecule has 0 spiro atoms. The van der Waals surface area contributed by atoms with Gasteiger partial charge in [0, 0.05) is 11.4 Å². The molecule has 0 fully saturated rings. The molecular formula is C15H23NO2S. The Balaban J connectivity index is 2.54. The second kappa shape index (κ2) is 7.46. The SMILES string of the molecule is CC(C)CCC(C)NS(=O)(=O)/C=C/c1ccccc1. The zero-order valence-corrected chi connectivity index (χ0v) is 12.7. The van der Waals surface area contributed by atoms with Crippen molar-refractivity contribution in [2.24, 2.45) is 5.92 Å². The Kier molecular flexibility index (Phi) is 6.25. The molecule has 19 heavy (non-hydrogen) atoms. The van der Waals surface area contributed by atoms with Crippen molar-refractivity contribution >= 4 is 16.1 Å². The van der Waals surface area contributed by atoms with Crippen LogP contribution in [0.3, 0.4) is 0 Å². The van der Waals surface area contributed by atoms with Crippen molar-refractivity contribution in [3.05, 3.63) is 41.3 Å². The van der Waals surface area contributed by atoms with Crippen LogP contribution in [-0.4, -0.2) is 14.5 Å². The van der Waals surface area contributed by atoms with Crippen molar-refractivity contribution in [1.29, 1.82) is 0 Å². The van der Waals surface area contributed by atoms with E-state index in [1.807, 2.05) is 37.3 Å². The number of rotatable bonds is 7. The molecule has 0 aliphatic carbocycles. The molecule has 3 nitrogen and oxygen atoms in total. The van der Waals surface area contributed by atoms with Crippen molar-refractivity contribution in [3.63, 3.8) is 0 Å². The van der Waals surface area contributed by atoms with E-state index in [1.54, 1.807) is 6.08 Å². The number of hydrogen-bond acceptors (Lipinski definition) is 2. The van der Waals surface area contributed by atoms with Crippen LogP contribution in [0.2, 0.25) is 0 Å². The van der Waals surface area contributed by atoms with Crippen LogP contribution < -0.4 is 4.72 Å². The molecule has 1 N–H and O–H groups in total. The van der Waals surface area contributed by atoms with Gasteiger partial charge in [-0.2, -0.15) is 0 Å². The molecule has 0 radical (unpaired) electrons. The van der Waals surface area contributed by atoms with Crippen LogP contribution in [-0.2, 0) is 10.0 Å². The predicted molar refractivity (Wildman–Crippen MR) is 81.1 cm³/mol. The Morgan fingerprint density at radius 1 is 1.11 bits per heavy atom. The molecule has 0 amide bonds. The number of sulfonamides is 1. The molecular weight excluding hydrogens is 258 g/mol. The van der Waals surface area contributed by atoms with Gasteiger partial charge in [0.25, 0.3) is 0 Å². The van der Waals surface area contributed by atoms with Crippen LogP contribution in [0.25, 0.3) is 6.08 Å². The van der Waals surface area contributed by atoms with Crippen molar-refractivity contribution in [3.8, 4) is 0 Å². The van der Waals surface area contributed by atoms with E-state index in [2.05, 4.69) is 18.6 Å². The van der Waals surface area contributed by atoms with Crippen LogP contribution in [0.1, 0.15) is 39.2 Å². The topological polar surface area (TPSA) is 46.2 Å². The van der Waals surface area contributed by atoms with Gasteiger partial charge in [0.1, 0.15) is 0 Å². The minimum absolute atomic E-state index is 0.0344. The monoisotopic (exact) mass is 281 g/mol. The van der Waals surface area contributed by atoms with E-state index in [0.29, 0.717) is 5.92 Å². The molecule has 1 unspecified atom stereocenters. The highest BCUT2D eigenvalue weighted by atomic mass is 32.2. The van der Waals surface area contributed by atoms with E-state index >= 15 is 0 Å². The molecule has 4 heteroatoms. The number of nitrogens with one attached hydrogen (secondary N) is 1. The first-order chi connectivity index (χ1) is 8.89. The Bertz CT molecular complexity index is 492. The lowest BCUT2D eigenvalue weighted by molar-refractivity contribution is 0.488. The highest BCUT2D eigenvalue weighted by molar-refractivity contribution is 7.92. The summed E-state index contributed by atoms with van der Waals surface area (Å²) < 4.78 is 26.4. The third-order valence-electron chi connectivity index (χ3n) is 2.78. The summed E-state index contributed by atoms with van der Waals surface area (Å²) in [6.45, 7) is 6.17. The van der Waals surface area contributed by atoms with E-state index < -0.39 is 10.0 Å². The summed E-state index contributed by atoms with van der Waals surface area (Å²) >= 11 is 0. The van der Waals surface area contributed by atoms with Crippen LogP contribution in [0.5, 0.6) is 0 Å². The lowest BCUT2D eigenvalue weighted by Crippen LogP contribution is -2.31. The molecule has 0 saturated heterocycles. The van der Waals surface area contributed by atoms with Crippen LogP contribution in [0.15, 0.2) is 35.7 Å². The van der Waals surface area contributed by atoms with Gasteiger partial charge in [0.15, 0.2) is 0 Å². The molecule has 0 bridgehead atoms.